The van der Waals surface area contributed by atoms with Gasteiger partial charge >= 0.3 is 0 Å². The van der Waals surface area contributed by atoms with Crippen molar-refractivity contribution in [2.24, 2.45) is 0 Å². The molecule has 152 valence electrons. The Labute approximate surface area is 169 Å². The van der Waals surface area contributed by atoms with Crippen molar-refractivity contribution in [3.63, 3.8) is 0 Å². The molecule has 28 heavy (non-hydrogen) atoms. The van der Waals surface area contributed by atoms with Crippen LogP contribution in [-0.2, 0) is 9.36 Å². The Hall–Kier alpha value is -2.05. The van der Waals surface area contributed by atoms with Gasteiger partial charge in [-0.3, -0.25) is 9.88 Å². The summed E-state index contributed by atoms with van der Waals surface area (Å²) in [6.45, 7) is 2.12. The lowest BCUT2D eigenvalue weighted by Crippen LogP contribution is -2.37. The summed E-state index contributed by atoms with van der Waals surface area (Å²) < 4.78 is 22.9. The average Bonchev–Trinajstić information content (AvgIpc) is 2.69. The zero-order chi connectivity index (χ0) is 20.4. The molecule has 0 aliphatic heterocycles. The van der Waals surface area contributed by atoms with Gasteiger partial charge in [-0.05, 0) is 55.5 Å². The van der Waals surface area contributed by atoms with Crippen molar-refractivity contribution in [3.05, 3.63) is 53.6 Å². The molecular formula is C19H24ClN2O5P. The third kappa shape index (κ3) is 7.90. The largest absolute Gasteiger partial charge is 0.481 e. The minimum atomic E-state index is -2.00. The second-order valence-electron chi connectivity index (χ2n) is 5.90. The molecule has 0 saturated heterocycles. The van der Waals surface area contributed by atoms with E-state index in [0.717, 1.165) is 0 Å². The minimum absolute atomic E-state index is 0.0723. The number of carbonyl (C=O) groups is 1. The number of hydrogen-bond acceptors (Lipinski definition) is 5. The van der Waals surface area contributed by atoms with Crippen molar-refractivity contribution in [1.82, 2.24) is 10.4 Å². The molecule has 0 saturated carbocycles. The number of ether oxygens (including phenoxy) is 2. The molecule has 0 aromatic heterocycles. The number of amides is 1. The van der Waals surface area contributed by atoms with Crippen molar-refractivity contribution in [3.8, 4) is 17.2 Å². The fourth-order valence-corrected chi connectivity index (χ4v) is 3.25. The fourth-order valence-electron chi connectivity index (χ4n) is 2.21. The SMILES string of the molecule is CC(Oc1ccc(Oc2ccc(Cl)cc2)cc1)C(=O)NCC[PH](=O)NCCO. The molecule has 2 rings (SSSR count). The van der Waals surface area contributed by atoms with Crippen LogP contribution >= 0.6 is 19.6 Å². The van der Waals surface area contributed by atoms with Gasteiger partial charge in [-0.25, -0.2) is 0 Å². The first kappa shape index (κ1) is 22.2. The van der Waals surface area contributed by atoms with E-state index in [1.807, 2.05) is 0 Å². The van der Waals surface area contributed by atoms with E-state index in [1.54, 1.807) is 55.5 Å². The van der Waals surface area contributed by atoms with Crippen LogP contribution in [0.1, 0.15) is 6.92 Å². The van der Waals surface area contributed by atoms with Gasteiger partial charge in [0.25, 0.3) is 5.91 Å². The number of aliphatic hydroxyl groups excluding tert-OH is 1. The molecule has 2 aromatic rings. The van der Waals surface area contributed by atoms with Crippen molar-refractivity contribution in [1.29, 1.82) is 0 Å². The summed E-state index contributed by atoms with van der Waals surface area (Å²) in [6.07, 6.45) is -0.379. The number of benzene rings is 2. The van der Waals surface area contributed by atoms with E-state index < -0.39 is 14.1 Å². The van der Waals surface area contributed by atoms with Crippen LogP contribution in [-0.4, -0.2) is 43.0 Å². The molecule has 0 bridgehead atoms. The molecule has 0 aliphatic rings. The highest BCUT2D eigenvalue weighted by molar-refractivity contribution is 7.42. The van der Waals surface area contributed by atoms with Crippen LogP contribution < -0.4 is 19.9 Å². The van der Waals surface area contributed by atoms with Crippen LogP contribution in [0.5, 0.6) is 17.2 Å². The van der Waals surface area contributed by atoms with Gasteiger partial charge in [-0.1, -0.05) is 11.6 Å². The molecule has 9 heteroatoms. The summed E-state index contributed by atoms with van der Waals surface area (Å²) >= 11 is 5.85. The molecule has 0 fully saturated rings. The van der Waals surface area contributed by atoms with Crippen molar-refractivity contribution in [2.75, 3.05) is 25.9 Å². The predicted molar refractivity (Wildman–Crippen MR) is 110 cm³/mol. The summed E-state index contributed by atoms with van der Waals surface area (Å²) in [5, 5.41) is 14.7. The summed E-state index contributed by atoms with van der Waals surface area (Å²) in [6, 6.07) is 13.9. The molecule has 7 nitrogen and oxygen atoms in total. The van der Waals surface area contributed by atoms with E-state index in [4.69, 9.17) is 26.2 Å². The summed E-state index contributed by atoms with van der Waals surface area (Å²) in [5.41, 5.74) is 0. The molecular weight excluding hydrogens is 403 g/mol. The Balaban J connectivity index is 1.76. The first-order chi connectivity index (χ1) is 13.5. The van der Waals surface area contributed by atoms with Gasteiger partial charge in [-0.2, -0.15) is 0 Å². The quantitative estimate of drug-likeness (QED) is 0.478. The normalized spacial score (nSPS) is 12.8. The highest BCUT2D eigenvalue weighted by atomic mass is 35.5. The first-order valence-corrected chi connectivity index (χ1v) is 10.8. The average molecular weight is 427 g/mol. The van der Waals surface area contributed by atoms with Gasteiger partial charge in [0.2, 0.25) is 0 Å². The summed E-state index contributed by atoms with van der Waals surface area (Å²) in [4.78, 5) is 12.1. The van der Waals surface area contributed by atoms with Gasteiger partial charge in [0.05, 0.1) is 6.61 Å². The summed E-state index contributed by atoms with van der Waals surface area (Å²) in [7, 11) is -2.00. The smallest absolute Gasteiger partial charge is 0.260 e. The van der Waals surface area contributed by atoms with Crippen LogP contribution in [0.25, 0.3) is 0 Å². The third-order valence-corrected chi connectivity index (χ3v) is 5.24. The zero-order valence-electron chi connectivity index (χ0n) is 15.5. The topological polar surface area (TPSA) is 96.9 Å². The molecule has 2 aromatic carbocycles. The molecule has 0 aliphatic carbocycles. The molecule has 2 atom stereocenters. The van der Waals surface area contributed by atoms with Crippen LogP contribution in [0.3, 0.4) is 0 Å². The van der Waals surface area contributed by atoms with Crippen LogP contribution in [0.4, 0.5) is 0 Å². The minimum Gasteiger partial charge on any atom is -0.481 e. The van der Waals surface area contributed by atoms with E-state index in [-0.39, 0.29) is 25.6 Å². The number of nitrogens with one attached hydrogen (secondary N) is 2. The van der Waals surface area contributed by atoms with Crippen LogP contribution in [0, 0.1) is 0 Å². The second-order valence-corrected chi connectivity index (χ2v) is 8.04. The molecule has 1 amide bonds. The standard InChI is InChI=1S/C19H24ClN2O5P/c1-14(19(24)21-11-13-28(25)22-10-12-23)26-16-6-8-18(9-7-16)27-17-4-2-15(20)3-5-17/h2-9,14,23,28H,10-13H2,1H3,(H,21,24)(H,22,25). The van der Waals surface area contributed by atoms with Gasteiger partial charge in [-0.15, -0.1) is 0 Å². The predicted octanol–water partition coefficient (Wildman–Crippen LogP) is 3.07. The molecule has 0 radical (unpaired) electrons. The number of aliphatic hydroxyl groups is 1. The van der Waals surface area contributed by atoms with Crippen LogP contribution in [0.15, 0.2) is 48.5 Å². The van der Waals surface area contributed by atoms with E-state index >= 15 is 0 Å². The summed E-state index contributed by atoms with van der Waals surface area (Å²) in [5.74, 6) is 1.54. The van der Waals surface area contributed by atoms with E-state index in [2.05, 4.69) is 10.4 Å². The molecule has 3 N–H and O–H groups in total. The number of hydrogen-bond donors (Lipinski definition) is 3. The van der Waals surface area contributed by atoms with Crippen LogP contribution in [0.2, 0.25) is 5.02 Å². The molecule has 0 heterocycles. The maximum atomic E-state index is 12.1. The second kappa shape index (κ2) is 11.7. The fraction of sp³-hybridized carbons (Fsp3) is 0.316. The Bertz CT molecular complexity index is 771. The Morgan fingerprint density at radius 1 is 1.07 bits per heavy atom. The Morgan fingerprint density at radius 3 is 2.25 bits per heavy atom. The van der Waals surface area contributed by atoms with Gasteiger partial charge in [0, 0.05) is 24.3 Å². The van der Waals surface area contributed by atoms with Crippen molar-refractivity contribution < 1.29 is 23.9 Å². The lowest BCUT2D eigenvalue weighted by atomic mass is 10.3. The highest BCUT2D eigenvalue weighted by Crippen LogP contribution is 2.25. The molecule has 2 unspecified atom stereocenters. The van der Waals surface area contributed by atoms with E-state index in [0.29, 0.717) is 28.4 Å². The number of rotatable bonds is 11. The first-order valence-electron chi connectivity index (χ1n) is 8.83. The monoisotopic (exact) mass is 426 g/mol. The zero-order valence-corrected chi connectivity index (χ0v) is 17.2. The Kier molecular flexibility index (Phi) is 9.31. The third-order valence-electron chi connectivity index (χ3n) is 3.64. The van der Waals surface area contributed by atoms with E-state index in [9.17, 15) is 9.36 Å². The van der Waals surface area contributed by atoms with Crippen molar-refractivity contribution in [2.45, 2.75) is 13.0 Å². The number of halogens is 1. The lowest BCUT2D eigenvalue weighted by Gasteiger charge is -2.15. The van der Waals surface area contributed by atoms with E-state index in [1.165, 1.54) is 0 Å². The Morgan fingerprint density at radius 2 is 1.64 bits per heavy atom. The lowest BCUT2D eigenvalue weighted by molar-refractivity contribution is -0.127. The highest BCUT2D eigenvalue weighted by Gasteiger charge is 2.14. The van der Waals surface area contributed by atoms with Gasteiger partial charge < -0.3 is 24.5 Å². The van der Waals surface area contributed by atoms with Gasteiger partial charge in [0.15, 0.2) is 6.10 Å². The van der Waals surface area contributed by atoms with Crippen molar-refractivity contribution >= 4 is 25.5 Å². The van der Waals surface area contributed by atoms with Gasteiger partial charge in [0.1, 0.15) is 25.2 Å². The number of carbonyl (C=O) groups excluding carboxylic acids is 1. The molecule has 0 spiro atoms. The maximum absolute atomic E-state index is 12.1. The maximum Gasteiger partial charge on any atom is 0.260 e.